The van der Waals surface area contributed by atoms with Crippen LogP contribution in [0.3, 0.4) is 0 Å². The van der Waals surface area contributed by atoms with Crippen molar-refractivity contribution >= 4 is 22.7 Å². The maximum absolute atomic E-state index is 9.87. The summed E-state index contributed by atoms with van der Waals surface area (Å²) in [6, 6.07) is 18.2. The van der Waals surface area contributed by atoms with Crippen molar-refractivity contribution < 1.29 is 9.47 Å². The fourth-order valence-corrected chi connectivity index (χ4v) is 4.04. The van der Waals surface area contributed by atoms with Crippen LogP contribution in [0.25, 0.3) is 28.4 Å². The lowest BCUT2D eigenvalue weighted by atomic mass is 10.1. The van der Waals surface area contributed by atoms with Crippen LogP contribution in [-0.4, -0.2) is 20.9 Å². The number of allylic oxidation sites excluding steroid dienone is 1. The molecule has 0 unspecified atom stereocenters. The molecule has 2 aromatic carbocycles. The molecule has 30 heavy (non-hydrogen) atoms. The second kappa shape index (κ2) is 6.82. The second-order valence-corrected chi connectivity index (χ2v) is 7.35. The van der Waals surface area contributed by atoms with Crippen LogP contribution in [0.4, 0.5) is 0 Å². The van der Waals surface area contributed by atoms with E-state index in [0.29, 0.717) is 11.4 Å². The average Bonchev–Trinajstić information content (AvgIpc) is 3.42. The average molecular weight is 396 g/mol. The largest absolute Gasteiger partial charge is 0.454 e. The Morgan fingerprint density at radius 2 is 1.90 bits per heavy atom. The molecule has 0 spiro atoms. The minimum absolute atomic E-state index is 0.250. The van der Waals surface area contributed by atoms with Gasteiger partial charge in [-0.3, -0.25) is 0 Å². The van der Waals surface area contributed by atoms with E-state index in [1.807, 2.05) is 67.1 Å². The molecule has 5 rings (SSSR count). The third-order valence-corrected chi connectivity index (χ3v) is 5.53. The van der Waals surface area contributed by atoms with Crippen molar-refractivity contribution in [1.29, 1.82) is 5.26 Å². The van der Waals surface area contributed by atoms with Gasteiger partial charge in [-0.15, -0.1) is 0 Å². The van der Waals surface area contributed by atoms with Gasteiger partial charge in [0.25, 0.3) is 0 Å². The summed E-state index contributed by atoms with van der Waals surface area (Å²) in [7, 11) is 1.94. The Morgan fingerprint density at radius 3 is 2.70 bits per heavy atom. The molecule has 6 heteroatoms. The van der Waals surface area contributed by atoms with Gasteiger partial charge in [0, 0.05) is 30.2 Å². The molecule has 0 aliphatic carbocycles. The van der Waals surface area contributed by atoms with E-state index in [2.05, 4.69) is 28.6 Å². The lowest BCUT2D eigenvalue weighted by Gasteiger charge is -2.10. The van der Waals surface area contributed by atoms with Crippen molar-refractivity contribution in [2.45, 2.75) is 13.8 Å². The first kappa shape index (κ1) is 18.1. The summed E-state index contributed by atoms with van der Waals surface area (Å²) in [6.07, 6.45) is 1.91. The van der Waals surface area contributed by atoms with E-state index in [4.69, 9.17) is 9.47 Å². The first-order valence-corrected chi connectivity index (χ1v) is 9.69. The Labute approximate surface area is 174 Å². The fourth-order valence-electron chi connectivity index (χ4n) is 4.04. The molecule has 1 aliphatic rings. The Kier molecular flexibility index (Phi) is 4.11. The molecule has 0 amide bonds. The van der Waals surface area contributed by atoms with E-state index < -0.39 is 0 Å². The third-order valence-electron chi connectivity index (χ3n) is 5.53. The molecule has 148 valence electrons. The summed E-state index contributed by atoms with van der Waals surface area (Å²) in [5, 5.41) is 9.87. The maximum Gasteiger partial charge on any atom is 0.231 e. The lowest BCUT2D eigenvalue weighted by Crippen LogP contribution is -1.99. The summed E-state index contributed by atoms with van der Waals surface area (Å²) in [6.45, 7) is 4.35. The van der Waals surface area contributed by atoms with Gasteiger partial charge in [-0.1, -0.05) is 12.1 Å². The maximum atomic E-state index is 9.87. The third kappa shape index (κ3) is 2.75. The number of para-hydroxylation sites is 2. The van der Waals surface area contributed by atoms with Gasteiger partial charge in [-0.2, -0.15) is 5.26 Å². The molecule has 1 aliphatic heterocycles. The van der Waals surface area contributed by atoms with Gasteiger partial charge in [0.2, 0.25) is 6.79 Å². The zero-order chi connectivity index (χ0) is 20.8. The highest BCUT2D eigenvalue weighted by Gasteiger charge is 2.18. The SMILES string of the molecule is Cc1cc(/C=C(\C#N)c2nc3ccccc3n2C)c(C)n1-c1ccc2c(c1)OCO2. The molecular weight excluding hydrogens is 376 g/mol. The highest BCUT2D eigenvalue weighted by Crippen LogP contribution is 2.35. The van der Waals surface area contributed by atoms with Crippen molar-refractivity contribution in [1.82, 2.24) is 14.1 Å². The fraction of sp³-hybridized carbons (Fsp3) is 0.167. The molecular formula is C24H20N4O2. The number of ether oxygens (including phenoxy) is 2. The summed E-state index contributed by atoms with van der Waals surface area (Å²) < 4.78 is 15.1. The Balaban J connectivity index is 1.60. The van der Waals surface area contributed by atoms with Crippen LogP contribution >= 0.6 is 0 Å². The van der Waals surface area contributed by atoms with Gasteiger partial charge in [-0.25, -0.2) is 4.98 Å². The number of aryl methyl sites for hydroxylation is 2. The zero-order valence-corrected chi connectivity index (χ0v) is 17.0. The van der Waals surface area contributed by atoms with Gasteiger partial charge in [0.05, 0.1) is 16.6 Å². The zero-order valence-electron chi connectivity index (χ0n) is 17.0. The minimum Gasteiger partial charge on any atom is -0.454 e. The number of benzene rings is 2. The molecule has 0 saturated heterocycles. The van der Waals surface area contributed by atoms with Gasteiger partial charge in [0.15, 0.2) is 17.3 Å². The molecule has 0 bridgehead atoms. The number of hydrogen-bond donors (Lipinski definition) is 0. The van der Waals surface area contributed by atoms with E-state index in [0.717, 1.165) is 45.2 Å². The van der Waals surface area contributed by atoms with E-state index >= 15 is 0 Å². The van der Waals surface area contributed by atoms with E-state index in [1.165, 1.54) is 0 Å². The molecule has 3 heterocycles. The molecule has 0 N–H and O–H groups in total. The number of imidazole rings is 1. The number of hydrogen-bond acceptors (Lipinski definition) is 4. The topological polar surface area (TPSA) is 65.0 Å². The Hall–Kier alpha value is -3.98. The first-order valence-electron chi connectivity index (χ1n) is 9.69. The van der Waals surface area contributed by atoms with Gasteiger partial charge in [-0.05, 0) is 55.8 Å². The quantitative estimate of drug-likeness (QED) is 0.468. The second-order valence-electron chi connectivity index (χ2n) is 7.35. The highest BCUT2D eigenvalue weighted by atomic mass is 16.7. The number of fused-ring (bicyclic) bond motifs is 2. The van der Waals surface area contributed by atoms with E-state index in [-0.39, 0.29) is 6.79 Å². The predicted octanol–water partition coefficient (Wildman–Crippen LogP) is 4.77. The van der Waals surface area contributed by atoms with Crippen molar-refractivity contribution in [2.24, 2.45) is 7.05 Å². The van der Waals surface area contributed by atoms with Crippen LogP contribution in [0.2, 0.25) is 0 Å². The molecule has 0 atom stereocenters. The molecule has 2 aromatic heterocycles. The summed E-state index contributed by atoms with van der Waals surface area (Å²) >= 11 is 0. The van der Waals surface area contributed by atoms with Crippen LogP contribution in [0, 0.1) is 25.2 Å². The summed E-state index contributed by atoms with van der Waals surface area (Å²) in [4.78, 5) is 4.67. The monoisotopic (exact) mass is 396 g/mol. The Bertz CT molecular complexity index is 1370. The van der Waals surface area contributed by atoms with E-state index in [9.17, 15) is 5.26 Å². The molecule has 6 nitrogen and oxygen atoms in total. The Morgan fingerprint density at radius 1 is 1.10 bits per heavy atom. The van der Waals surface area contributed by atoms with Crippen LogP contribution < -0.4 is 9.47 Å². The summed E-state index contributed by atoms with van der Waals surface area (Å²) in [5.74, 6) is 2.16. The normalized spacial score (nSPS) is 13.1. The number of aromatic nitrogens is 3. The number of nitrogens with zero attached hydrogens (tertiary/aromatic N) is 4. The van der Waals surface area contributed by atoms with Gasteiger partial charge >= 0.3 is 0 Å². The van der Waals surface area contributed by atoms with Crippen molar-refractivity contribution in [3.8, 4) is 23.3 Å². The standard InChI is InChI=1S/C24H20N4O2/c1-15-10-17(16(2)28(15)19-8-9-22-23(12-19)30-14-29-22)11-18(13-25)24-26-20-6-4-5-7-21(20)27(24)3/h4-12H,14H2,1-3H3/b18-11+. The van der Waals surface area contributed by atoms with Crippen LogP contribution in [-0.2, 0) is 7.05 Å². The van der Waals surface area contributed by atoms with Crippen molar-refractivity contribution in [3.05, 3.63) is 71.3 Å². The summed E-state index contributed by atoms with van der Waals surface area (Å²) in [5.41, 5.74) is 6.49. The first-order chi connectivity index (χ1) is 14.6. The predicted molar refractivity (Wildman–Crippen MR) is 116 cm³/mol. The van der Waals surface area contributed by atoms with Gasteiger partial charge < -0.3 is 18.6 Å². The van der Waals surface area contributed by atoms with Crippen LogP contribution in [0.1, 0.15) is 22.8 Å². The minimum atomic E-state index is 0.250. The van der Waals surface area contributed by atoms with Crippen LogP contribution in [0.15, 0.2) is 48.5 Å². The van der Waals surface area contributed by atoms with E-state index in [1.54, 1.807) is 0 Å². The molecule has 4 aromatic rings. The number of rotatable bonds is 3. The smallest absolute Gasteiger partial charge is 0.231 e. The molecule has 0 fully saturated rings. The highest BCUT2D eigenvalue weighted by molar-refractivity contribution is 5.91. The lowest BCUT2D eigenvalue weighted by molar-refractivity contribution is 0.174. The van der Waals surface area contributed by atoms with Crippen molar-refractivity contribution in [3.63, 3.8) is 0 Å². The molecule has 0 radical (unpaired) electrons. The number of nitriles is 1. The van der Waals surface area contributed by atoms with Gasteiger partial charge in [0.1, 0.15) is 6.07 Å². The molecule has 0 saturated carbocycles. The van der Waals surface area contributed by atoms with Crippen molar-refractivity contribution in [2.75, 3.05) is 6.79 Å². The van der Waals surface area contributed by atoms with Crippen LogP contribution in [0.5, 0.6) is 11.5 Å².